The lowest BCUT2D eigenvalue weighted by Gasteiger charge is -2.30. The number of carbonyl (C=O) groups excluding carboxylic acids is 1. The summed E-state index contributed by atoms with van der Waals surface area (Å²) in [7, 11) is 3.82. The summed E-state index contributed by atoms with van der Waals surface area (Å²) in [4.78, 5) is 32.3. The normalized spacial score (nSPS) is 17.0. The molecule has 0 fully saturated rings. The van der Waals surface area contributed by atoms with Gasteiger partial charge >= 0.3 is 0 Å². The number of nitrogens with one attached hydrogen (secondary N) is 1. The van der Waals surface area contributed by atoms with E-state index in [2.05, 4.69) is 20.3 Å². The van der Waals surface area contributed by atoms with Crippen molar-refractivity contribution in [3.8, 4) is 11.4 Å². The molecule has 0 aliphatic carbocycles. The minimum Gasteiger partial charge on any atom is -0.371 e. The number of anilines is 1. The molecule has 5 rings (SSSR count). The highest BCUT2D eigenvalue weighted by Crippen LogP contribution is 2.38. The van der Waals surface area contributed by atoms with Gasteiger partial charge in [0.15, 0.2) is 0 Å². The Morgan fingerprint density at radius 1 is 1.11 bits per heavy atom. The predicted octanol–water partition coefficient (Wildman–Crippen LogP) is 4.04. The number of fused-ring (bicyclic) bond motifs is 2. The van der Waals surface area contributed by atoms with Crippen molar-refractivity contribution >= 4 is 22.6 Å². The lowest BCUT2D eigenvalue weighted by molar-refractivity contribution is -0.108. The summed E-state index contributed by atoms with van der Waals surface area (Å²) in [5, 5.41) is 3.50. The van der Waals surface area contributed by atoms with Crippen molar-refractivity contribution < 1.29 is 22.7 Å². The van der Waals surface area contributed by atoms with Gasteiger partial charge in [0.05, 0.1) is 53.6 Å². The first-order valence-corrected chi connectivity index (χ1v) is 11.5. The number of nitrogens with zero attached hydrogens (tertiary/aromatic N) is 5. The Bertz CT molecular complexity index is 1480. The maximum absolute atomic E-state index is 14.9. The molecule has 1 aliphatic rings. The van der Waals surface area contributed by atoms with E-state index in [4.69, 9.17) is 9.72 Å². The third-order valence-corrected chi connectivity index (χ3v) is 6.09. The lowest BCUT2D eigenvalue weighted by Crippen LogP contribution is -2.39. The molecule has 190 valence electrons. The van der Waals surface area contributed by atoms with Gasteiger partial charge in [-0.15, -0.1) is 0 Å². The molecule has 0 bridgehead atoms. The van der Waals surface area contributed by atoms with Gasteiger partial charge < -0.3 is 15.0 Å². The van der Waals surface area contributed by atoms with Crippen LogP contribution in [-0.2, 0) is 23.6 Å². The van der Waals surface area contributed by atoms with Gasteiger partial charge in [0.2, 0.25) is 5.67 Å². The van der Waals surface area contributed by atoms with Crippen LogP contribution in [0.1, 0.15) is 27.3 Å². The quantitative estimate of drug-likeness (QED) is 0.420. The zero-order valence-corrected chi connectivity index (χ0v) is 20.1. The number of alkyl halides is 3. The third-order valence-electron chi connectivity index (χ3n) is 6.09. The molecule has 0 spiro atoms. The highest BCUT2D eigenvalue weighted by atomic mass is 19.3. The molecule has 0 saturated heterocycles. The van der Waals surface area contributed by atoms with Gasteiger partial charge in [-0.3, -0.25) is 14.8 Å². The van der Waals surface area contributed by atoms with E-state index in [1.54, 1.807) is 12.3 Å². The highest BCUT2D eigenvalue weighted by Gasteiger charge is 2.47. The minimum absolute atomic E-state index is 0.0311. The van der Waals surface area contributed by atoms with E-state index in [9.17, 15) is 18.0 Å². The number of hydrogen-bond acceptors (Lipinski definition) is 7. The van der Waals surface area contributed by atoms with Crippen molar-refractivity contribution in [3.63, 3.8) is 0 Å². The van der Waals surface area contributed by atoms with E-state index in [0.29, 0.717) is 16.9 Å². The van der Waals surface area contributed by atoms with Gasteiger partial charge in [-0.05, 0) is 36.4 Å². The Hall–Kier alpha value is -4.12. The first-order chi connectivity index (χ1) is 17.7. The molecule has 1 amide bonds. The van der Waals surface area contributed by atoms with Gasteiger partial charge in [-0.1, -0.05) is 6.07 Å². The molecule has 11 heteroatoms. The summed E-state index contributed by atoms with van der Waals surface area (Å²) >= 11 is 0. The minimum atomic E-state index is -3.31. The molecule has 0 aromatic carbocycles. The summed E-state index contributed by atoms with van der Waals surface area (Å²) in [5.74, 6) is 0.215. The smallest absolute Gasteiger partial charge is 0.278 e. The van der Waals surface area contributed by atoms with Crippen LogP contribution in [0.3, 0.4) is 0 Å². The van der Waals surface area contributed by atoms with Gasteiger partial charge in [0.25, 0.3) is 12.3 Å². The Kier molecular flexibility index (Phi) is 6.46. The fourth-order valence-corrected chi connectivity index (χ4v) is 4.03. The Labute approximate surface area is 210 Å². The second-order valence-electron chi connectivity index (χ2n) is 8.90. The SMILES string of the molecule is CN(C)c1cccc(-c2ccc3cnc(CNC(=O)c4cnc5c(c4)[C@](F)(C(F)F)COC5)cc3n2)n1. The van der Waals surface area contributed by atoms with E-state index in [0.717, 1.165) is 23.0 Å². The van der Waals surface area contributed by atoms with Crippen LogP contribution in [0.4, 0.5) is 19.0 Å². The highest BCUT2D eigenvalue weighted by molar-refractivity contribution is 5.94. The van der Waals surface area contributed by atoms with Gasteiger partial charge in [-0.25, -0.2) is 23.1 Å². The standard InChI is InChI=1S/C26H23F3N6O2/c1-35(2)23-5-3-4-19(34-23)20-7-6-15-10-30-17(9-21(15)33-20)12-32-24(36)16-8-18-22(31-11-16)13-37-14-26(18,29)25(27)28/h3-11,25H,12-14H2,1-2H3,(H,32,36)/t26-/m0/s1. The first kappa shape index (κ1) is 24.6. The molecule has 0 radical (unpaired) electrons. The topological polar surface area (TPSA) is 93.1 Å². The summed E-state index contributed by atoms with van der Waals surface area (Å²) < 4.78 is 46.6. The molecule has 4 aromatic heterocycles. The number of hydrogen-bond donors (Lipinski definition) is 1. The average molecular weight is 509 g/mol. The molecule has 1 N–H and O–H groups in total. The summed E-state index contributed by atoms with van der Waals surface area (Å²) in [6, 6.07) is 12.3. The van der Waals surface area contributed by atoms with E-state index < -0.39 is 24.6 Å². The summed E-state index contributed by atoms with van der Waals surface area (Å²) in [6.45, 7) is -0.846. The molecule has 0 saturated carbocycles. The Morgan fingerprint density at radius 3 is 2.70 bits per heavy atom. The van der Waals surface area contributed by atoms with E-state index in [1.807, 2.05) is 49.3 Å². The molecule has 1 atom stereocenters. The Morgan fingerprint density at radius 2 is 1.92 bits per heavy atom. The van der Waals surface area contributed by atoms with Crippen molar-refractivity contribution in [3.05, 3.63) is 77.4 Å². The first-order valence-electron chi connectivity index (χ1n) is 11.5. The van der Waals surface area contributed by atoms with Gasteiger partial charge in [0.1, 0.15) is 5.82 Å². The van der Waals surface area contributed by atoms with Gasteiger partial charge in [0, 0.05) is 37.4 Å². The fourth-order valence-electron chi connectivity index (χ4n) is 4.03. The van der Waals surface area contributed by atoms with Crippen molar-refractivity contribution in [2.24, 2.45) is 0 Å². The van der Waals surface area contributed by atoms with Gasteiger partial charge in [-0.2, -0.15) is 0 Å². The number of carbonyl (C=O) groups is 1. The van der Waals surface area contributed by atoms with Crippen LogP contribution in [0.15, 0.2) is 54.9 Å². The van der Waals surface area contributed by atoms with Crippen LogP contribution in [0, 0.1) is 0 Å². The van der Waals surface area contributed by atoms with Crippen molar-refractivity contribution in [1.82, 2.24) is 25.3 Å². The molecule has 8 nitrogen and oxygen atoms in total. The molecule has 0 unspecified atom stereocenters. The fraction of sp³-hybridized carbons (Fsp3) is 0.269. The summed E-state index contributed by atoms with van der Waals surface area (Å²) in [5.41, 5.74) is -0.704. The predicted molar refractivity (Wildman–Crippen MR) is 131 cm³/mol. The molecule has 1 aliphatic heterocycles. The number of aromatic nitrogens is 4. The van der Waals surface area contributed by atoms with E-state index in [-0.39, 0.29) is 30.0 Å². The number of ether oxygens (including phenoxy) is 1. The molecular weight excluding hydrogens is 485 g/mol. The maximum Gasteiger partial charge on any atom is 0.278 e. The number of pyridine rings is 4. The largest absolute Gasteiger partial charge is 0.371 e. The van der Waals surface area contributed by atoms with Crippen molar-refractivity contribution in [1.29, 1.82) is 0 Å². The van der Waals surface area contributed by atoms with E-state index in [1.165, 1.54) is 6.20 Å². The van der Waals surface area contributed by atoms with Crippen LogP contribution in [0.25, 0.3) is 22.3 Å². The van der Waals surface area contributed by atoms with Crippen molar-refractivity contribution in [2.45, 2.75) is 25.2 Å². The maximum atomic E-state index is 14.9. The van der Waals surface area contributed by atoms with Crippen molar-refractivity contribution in [2.75, 3.05) is 25.6 Å². The van der Waals surface area contributed by atoms with Crippen LogP contribution < -0.4 is 10.2 Å². The second-order valence-corrected chi connectivity index (χ2v) is 8.90. The molecular formula is C26H23F3N6O2. The second kappa shape index (κ2) is 9.74. The molecule has 5 heterocycles. The lowest BCUT2D eigenvalue weighted by atomic mass is 9.92. The average Bonchev–Trinajstić information content (AvgIpc) is 2.91. The number of halogens is 3. The molecule has 4 aromatic rings. The third kappa shape index (κ3) is 4.82. The van der Waals surface area contributed by atoms with E-state index >= 15 is 0 Å². The molecule has 37 heavy (non-hydrogen) atoms. The Balaban J connectivity index is 1.35. The number of rotatable bonds is 6. The monoisotopic (exact) mass is 508 g/mol. The van der Waals surface area contributed by atoms with Crippen LogP contribution >= 0.6 is 0 Å². The zero-order chi connectivity index (χ0) is 26.2. The number of amides is 1. The zero-order valence-electron chi connectivity index (χ0n) is 20.1. The van der Waals surface area contributed by atoms with Crippen LogP contribution in [0.5, 0.6) is 0 Å². The van der Waals surface area contributed by atoms with Crippen LogP contribution in [0.2, 0.25) is 0 Å². The summed E-state index contributed by atoms with van der Waals surface area (Å²) in [6.07, 6.45) is -0.449. The van der Waals surface area contributed by atoms with Crippen LogP contribution in [-0.4, -0.2) is 53.0 Å².